The van der Waals surface area contributed by atoms with Gasteiger partial charge in [0.05, 0.1) is 25.6 Å². The van der Waals surface area contributed by atoms with Crippen LogP contribution in [0.15, 0.2) is 46.3 Å². The van der Waals surface area contributed by atoms with E-state index in [-0.39, 0.29) is 24.2 Å². The summed E-state index contributed by atoms with van der Waals surface area (Å²) in [6.07, 6.45) is 2.58. The Labute approximate surface area is 245 Å². The van der Waals surface area contributed by atoms with Crippen LogP contribution in [-0.2, 0) is 33.4 Å². The van der Waals surface area contributed by atoms with Crippen LogP contribution in [0.3, 0.4) is 0 Å². The Hall–Kier alpha value is -3.24. The van der Waals surface area contributed by atoms with Crippen molar-refractivity contribution >= 4 is 23.7 Å². The summed E-state index contributed by atoms with van der Waals surface area (Å²) in [7, 11) is 1.26. The number of carbonyl (C=O) groups excluding carboxylic acids is 4. The fraction of sp³-hybridized carbons (Fsp3) is 0.625. The maximum absolute atomic E-state index is 14.5. The Bertz CT molecular complexity index is 1370. The highest BCUT2D eigenvalue weighted by Gasteiger charge is 2.77. The number of carbonyl (C=O) groups is 4. The molecule has 1 aliphatic heterocycles. The van der Waals surface area contributed by atoms with E-state index < -0.39 is 75.8 Å². The van der Waals surface area contributed by atoms with E-state index in [2.05, 4.69) is 0 Å². The molecule has 10 nitrogen and oxygen atoms in total. The molecule has 0 radical (unpaired) electrons. The lowest BCUT2D eigenvalue weighted by Gasteiger charge is -2.69. The molecule has 228 valence electrons. The van der Waals surface area contributed by atoms with Crippen LogP contribution in [0.25, 0.3) is 0 Å². The van der Waals surface area contributed by atoms with Crippen molar-refractivity contribution in [2.75, 3.05) is 7.11 Å². The number of rotatable bonds is 5. The zero-order valence-electron chi connectivity index (χ0n) is 25.1. The molecule has 9 atom stereocenters. The molecule has 1 aromatic heterocycles. The maximum atomic E-state index is 14.5. The first kappa shape index (κ1) is 30.2. The number of furan rings is 1. The van der Waals surface area contributed by atoms with Gasteiger partial charge in [-0.1, -0.05) is 33.8 Å². The monoisotopic (exact) mass is 584 g/mol. The number of hydrogen-bond donors (Lipinski definition) is 2. The number of methoxy groups -OCH3 is 1. The molecule has 5 rings (SSSR count). The van der Waals surface area contributed by atoms with Crippen molar-refractivity contribution in [1.82, 2.24) is 0 Å². The summed E-state index contributed by atoms with van der Waals surface area (Å²) in [5.74, 6) is -5.23. The van der Waals surface area contributed by atoms with E-state index in [9.17, 15) is 29.4 Å². The molecule has 0 spiro atoms. The number of Topliss-reactive ketones (excluding diaryl/α,β-unsaturated/α-hetero) is 1. The third kappa shape index (κ3) is 3.90. The molecule has 1 aromatic rings. The zero-order valence-corrected chi connectivity index (χ0v) is 25.1. The number of fused-ring (bicyclic) bond motifs is 6. The Morgan fingerprint density at radius 3 is 2.48 bits per heavy atom. The maximum Gasteiger partial charge on any atom is 0.333 e. The Morgan fingerprint density at radius 2 is 1.88 bits per heavy atom. The first-order valence-corrected chi connectivity index (χ1v) is 14.4. The van der Waals surface area contributed by atoms with Crippen LogP contribution in [0.5, 0.6) is 0 Å². The van der Waals surface area contributed by atoms with E-state index in [1.165, 1.54) is 25.7 Å². The van der Waals surface area contributed by atoms with Crippen LogP contribution < -0.4 is 0 Å². The van der Waals surface area contributed by atoms with Crippen molar-refractivity contribution < 1.29 is 48.0 Å². The number of ketones is 1. The third-order valence-corrected chi connectivity index (χ3v) is 11.1. The van der Waals surface area contributed by atoms with Gasteiger partial charge in [0, 0.05) is 45.8 Å². The summed E-state index contributed by atoms with van der Waals surface area (Å²) in [6, 6.07) is 1.69. The Kier molecular flexibility index (Phi) is 7.13. The second-order valence-electron chi connectivity index (χ2n) is 13.3. The quantitative estimate of drug-likeness (QED) is 0.299. The smallest absolute Gasteiger partial charge is 0.333 e. The summed E-state index contributed by atoms with van der Waals surface area (Å²) >= 11 is 0. The highest BCUT2D eigenvalue weighted by atomic mass is 16.6. The van der Waals surface area contributed by atoms with Crippen LogP contribution in [-0.4, -0.2) is 58.8 Å². The summed E-state index contributed by atoms with van der Waals surface area (Å²) in [6.45, 7) is 10.5. The van der Waals surface area contributed by atoms with Gasteiger partial charge >= 0.3 is 17.9 Å². The molecule has 10 heteroatoms. The number of allylic oxidation sites excluding steroid dienone is 1. The van der Waals surface area contributed by atoms with Gasteiger partial charge in [-0.25, -0.2) is 9.59 Å². The number of aliphatic hydroxyl groups excluding tert-OH is 1. The van der Waals surface area contributed by atoms with Crippen LogP contribution in [0.1, 0.15) is 72.5 Å². The van der Waals surface area contributed by atoms with E-state index >= 15 is 0 Å². The first-order valence-electron chi connectivity index (χ1n) is 14.4. The van der Waals surface area contributed by atoms with Gasteiger partial charge in [0.2, 0.25) is 0 Å². The topological polar surface area (TPSA) is 150 Å². The molecule has 2 heterocycles. The predicted molar refractivity (Wildman–Crippen MR) is 147 cm³/mol. The molecule has 3 fully saturated rings. The number of aliphatic hydroxyl groups is 2. The number of esters is 3. The standard InChI is InChI=1S/C32H40O10/c1-8-16(2)28(37)42-27-23-24(35)31(6,19(29(27,3)4)13-21(33)39-7)18-9-11-30(5)20(32(18,38)25(23)36)14-22(34)41-26(30)17-10-12-40-15-17/h8,10,12,14-15,18-19,23,25-27,36,38H,9,11,13H2,1-7H3/b16-8+/t18-,19+,23-,25-,26+,27-,30-,31+,32-/m1/s1. The van der Waals surface area contributed by atoms with Crippen molar-refractivity contribution in [3.8, 4) is 0 Å². The third-order valence-electron chi connectivity index (χ3n) is 11.1. The van der Waals surface area contributed by atoms with E-state index in [0.29, 0.717) is 17.6 Å². The van der Waals surface area contributed by atoms with E-state index in [1.54, 1.807) is 32.9 Å². The average Bonchev–Trinajstić information content (AvgIpc) is 3.48. The van der Waals surface area contributed by atoms with E-state index in [1.807, 2.05) is 20.8 Å². The molecule has 3 aliphatic carbocycles. The normalized spacial score (nSPS) is 40.7. The Balaban J connectivity index is 1.72. The summed E-state index contributed by atoms with van der Waals surface area (Å²) in [5, 5.41) is 25.0. The van der Waals surface area contributed by atoms with Gasteiger partial charge in [-0.2, -0.15) is 0 Å². The van der Waals surface area contributed by atoms with Crippen LogP contribution >= 0.6 is 0 Å². The molecule has 2 bridgehead atoms. The SMILES string of the molecule is C/C=C(\C)C(=O)O[C@@H]1[C@@H]2C(=O)[C@@](C)([C@H]3CC[C@]4(C)C(=CC(=O)O[C@H]4c4ccoc4)[C@@]3(O)[C@@H]2O)[C@@H](CC(=O)OC)C1(C)C. The highest BCUT2D eigenvalue weighted by Crippen LogP contribution is 2.70. The molecular weight excluding hydrogens is 544 g/mol. The molecule has 0 unspecified atom stereocenters. The van der Waals surface area contributed by atoms with E-state index in [4.69, 9.17) is 18.6 Å². The van der Waals surface area contributed by atoms with Gasteiger partial charge in [-0.05, 0) is 44.2 Å². The van der Waals surface area contributed by atoms with Crippen molar-refractivity contribution in [2.45, 2.75) is 84.7 Å². The molecule has 0 aromatic carbocycles. The van der Waals surface area contributed by atoms with Crippen molar-refractivity contribution in [3.05, 3.63) is 47.5 Å². The van der Waals surface area contributed by atoms with Crippen molar-refractivity contribution in [2.24, 2.45) is 34.0 Å². The minimum Gasteiger partial charge on any atom is -0.472 e. The van der Waals surface area contributed by atoms with E-state index in [0.717, 1.165) is 0 Å². The minimum atomic E-state index is -2.08. The second-order valence-corrected chi connectivity index (χ2v) is 13.3. The lowest BCUT2D eigenvalue weighted by Crippen LogP contribution is -2.78. The first-order chi connectivity index (χ1) is 19.6. The summed E-state index contributed by atoms with van der Waals surface area (Å²) in [4.78, 5) is 53.5. The van der Waals surface area contributed by atoms with Gasteiger partial charge < -0.3 is 28.8 Å². The molecule has 4 aliphatic rings. The van der Waals surface area contributed by atoms with Crippen LogP contribution in [0.2, 0.25) is 0 Å². The summed E-state index contributed by atoms with van der Waals surface area (Å²) in [5.41, 5.74) is -4.19. The van der Waals surface area contributed by atoms with Gasteiger partial charge in [-0.15, -0.1) is 0 Å². The molecule has 42 heavy (non-hydrogen) atoms. The van der Waals surface area contributed by atoms with Crippen LogP contribution in [0.4, 0.5) is 0 Å². The van der Waals surface area contributed by atoms with Gasteiger partial charge in [-0.3, -0.25) is 9.59 Å². The predicted octanol–water partition coefficient (Wildman–Crippen LogP) is 3.61. The Morgan fingerprint density at radius 1 is 1.19 bits per heavy atom. The number of hydrogen-bond acceptors (Lipinski definition) is 10. The average molecular weight is 585 g/mol. The highest BCUT2D eigenvalue weighted by molar-refractivity contribution is 5.94. The fourth-order valence-corrected chi connectivity index (χ4v) is 8.75. The lowest BCUT2D eigenvalue weighted by atomic mass is 9.36. The number of ether oxygens (including phenoxy) is 3. The molecule has 0 amide bonds. The molecule has 2 N–H and O–H groups in total. The van der Waals surface area contributed by atoms with Gasteiger partial charge in [0.25, 0.3) is 0 Å². The largest absolute Gasteiger partial charge is 0.472 e. The number of cyclic esters (lactones) is 1. The summed E-state index contributed by atoms with van der Waals surface area (Å²) < 4.78 is 22.1. The van der Waals surface area contributed by atoms with Crippen molar-refractivity contribution in [3.63, 3.8) is 0 Å². The molecule has 0 saturated heterocycles. The second kappa shape index (κ2) is 9.91. The minimum absolute atomic E-state index is 0.173. The van der Waals surface area contributed by atoms with Crippen molar-refractivity contribution in [1.29, 1.82) is 0 Å². The van der Waals surface area contributed by atoms with Gasteiger partial charge in [0.1, 0.15) is 29.7 Å². The lowest BCUT2D eigenvalue weighted by molar-refractivity contribution is -0.265. The van der Waals surface area contributed by atoms with Crippen LogP contribution in [0, 0.1) is 34.0 Å². The molecular formula is C32H40O10. The van der Waals surface area contributed by atoms with Gasteiger partial charge in [0.15, 0.2) is 0 Å². The molecule has 3 saturated carbocycles. The fourth-order valence-electron chi connectivity index (χ4n) is 8.75. The zero-order chi connectivity index (χ0) is 31.0.